The van der Waals surface area contributed by atoms with Crippen LogP contribution >= 0.6 is 0 Å². The van der Waals surface area contributed by atoms with E-state index in [9.17, 15) is 18.0 Å². The largest absolute Gasteiger partial charge is 0.464 e. The second-order valence-corrected chi connectivity index (χ2v) is 7.99. The first-order valence-corrected chi connectivity index (χ1v) is 10.0. The van der Waals surface area contributed by atoms with Crippen LogP contribution in [0.25, 0.3) is 27.9 Å². The van der Waals surface area contributed by atoms with E-state index in [1.807, 2.05) is 13.8 Å². The third-order valence-electron chi connectivity index (χ3n) is 5.85. The van der Waals surface area contributed by atoms with Gasteiger partial charge < -0.3 is 4.74 Å². The van der Waals surface area contributed by atoms with Crippen LogP contribution in [-0.4, -0.2) is 42.4 Å². The molecule has 32 heavy (non-hydrogen) atoms. The SMILES string of the molecule is COC(=O)c1cc(-c2c(C)nn(C)c2C)nc2c3c(C4CC4)cc(C(F)(F)F)nc3nn12. The number of carbonyl (C=O) groups excluding carboxylic acids is 1. The van der Waals surface area contributed by atoms with Crippen LogP contribution in [0.3, 0.4) is 0 Å². The van der Waals surface area contributed by atoms with Gasteiger partial charge in [-0.05, 0) is 50.3 Å². The first kappa shape index (κ1) is 20.4. The number of methoxy groups -OCH3 is 1. The highest BCUT2D eigenvalue weighted by Crippen LogP contribution is 2.45. The number of halogens is 3. The van der Waals surface area contributed by atoms with Gasteiger partial charge >= 0.3 is 12.1 Å². The molecule has 4 aromatic rings. The van der Waals surface area contributed by atoms with Crippen LogP contribution in [0.5, 0.6) is 0 Å². The van der Waals surface area contributed by atoms with Crippen molar-refractivity contribution in [1.29, 1.82) is 0 Å². The molecule has 5 rings (SSSR count). The summed E-state index contributed by atoms with van der Waals surface area (Å²) in [5.41, 5.74) is 2.45. The van der Waals surface area contributed by atoms with Crippen LogP contribution in [0, 0.1) is 13.8 Å². The number of esters is 1. The van der Waals surface area contributed by atoms with Gasteiger partial charge in [0, 0.05) is 18.3 Å². The lowest BCUT2D eigenvalue weighted by Crippen LogP contribution is -2.11. The Morgan fingerprint density at radius 1 is 1.16 bits per heavy atom. The summed E-state index contributed by atoms with van der Waals surface area (Å²) >= 11 is 0. The molecule has 0 saturated heterocycles. The summed E-state index contributed by atoms with van der Waals surface area (Å²) in [5, 5.41) is 9.07. The summed E-state index contributed by atoms with van der Waals surface area (Å²) in [7, 11) is 3.03. The van der Waals surface area contributed by atoms with Gasteiger partial charge in [-0.15, -0.1) is 5.10 Å². The van der Waals surface area contributed by atoms with Gasteiger partial charge in [0.05, 0.1) is 23.9 Å². The number of pyridine rings is 1. The molecule has 8 nitrogen and oxygen atoms in total. The normalized spacial score (nSPS) is 14.5. The van der Waals surface area contributed by atoms with Gasteiger partial charge in [-0.1, -0.05) is 0 Å². The Balaban J connectivity index is 1.90. The quantitative estimate of drug-likeness (QED) is 0.445. The Kier molecular flexibility index (Phi) is 4.30. The number of aryl methyl sites for hydroxylation is 2. The van der Waals surface area contributed by atoms with Crippen molar-refractivity contribution in [3.8, 4) is 11.3 Å². The first-order valence-electron chi connectivity index (χ1n) is 10.0. The number of fused-ring (bicyclic) bond motifs is 3. The number of carbonyl (C=O) groups is 1. The predicted molar refractivity (Wildman–Crippen MR) is 108 cm³/mol. The molecule has 166 valence electrons. The maximum Gasteiger partial charge on any atom is 0.433 e. The summed E-state index contributed by atoms with van der Waals surface area (Å²) < 4.78 is 48.3. The Hall–Kier alpha value is -3.50. The summed E-state index contributed by atoms with van der Waals surface area (Å²) in [4.78, 5) is 21.1. The Morgan fingerprint density at radius 2 is 1.88 bits per heavy atom. The van der Waals surface area contributed by atoms with Gasteiger partial charge in [0.2, 0.25) is 0 Å². The zero-order chi connectivity index (χ0) is 22.9. The number of hydrogen-bond acceptors (Lipinski definition) is 6. The highest BCUT2D eigenvalue weighted by molar-refractivity contribution is 5.98. The minimum atomic E-state index is -4.61. The van der Waals surface area contributed by atoms with Crippen molar-refractivity contribution in [3.05, 3.63) is 40.5 Å². The van der Waals surface area contributed by atoms with Gasteiger partial charge in [-0.25, -0.2) is 19.3 Å². The minimum Gasteiger partial charge on any atom is -0.464 e. The molecule has 0 spiro atoms. The smallest absolute Gasteiger partial charge is 0.433 e. The molecule has 1 fully saturated rings. The van der Waals surface area contributed by atoms with Crippen LogP contribution in [0.15, 0.2) is 12.1 Å². The highest BCUT2D eigenvalue weighted by Gasteiger charge is 2.37. The molecule has 4 heterocycles. The van der Waals surface area contributed by atoms with Crippen molar-refractivity contribution in [3.63, 3.8) is 0 Å². The maximum absolute atomic E-state index is 13.5. The fourth-order valence-corrected chi connectivity index (χ4v) is 4.09. The molecule has 0 atom stereocenters. The Bertz CT molecular complexity index is 1420. The minimum absolute atomic E-state index is 0.0245. The Labute approximate surface area is 180 Å². The van der Waals surface area contributed by atoms with Gasteiger partial charge in [-0.2, -0.15) is 18.3 Å². The molecule has 11 heteroatoms. The molecule has 0 unspecified atom stereocenters. The lowest BCUT2D eigenvalue weighted by atomic mass is 10.1. The van der Waals surface area contributed by atoms with Crippen LogP contribution < -0.4 is 0 Å². The number of hydrogen-bond donors (Lipinski definition) is 0. The molecule has 0 aliphatic heterocycles. The van der Waals surface area contributed by atoms with E-state index >= 15 is 0 Å². The molecule has 0 N–H and O–H groups in total. The zero-order valence-electron chi connectivity index (χ0n) is 17.8. The third-order valence-corrected chi connectivity index (χ3v) is 5.85. The predicted octanol–water partition coefficient (Wildman–Crippen LogP) is 3.98. The van der Waals surface area contributed by atoms with E-state index < -0.39 is 17.8 Å². The molecule has 0 aromatic carbocycles. The van der Waals surface area contributed by atoms with Crippen LogP contribution in [0.1, 0.15) is 51.9 Å². The molecule has 0 bridgehead atoms. The van der Waals surface area contributed by atoms with Crippen LogP contribution in [0.4, 0.5) is 13.2 Å². The van der Waals surface area contributed by atoms with Gasteiger partial charge in [-0.3, -0.25) is 4.68 Å². The summed E-state index contributed by atoms with van der Waals surface area (Å²) in [6.45, 7) is 3.70. The molecule has 0 radical (unpaired) electrons. The number of rotatable bonds is 3. The number of ether oxygens (including phenoxy) is 1. The van der Waals surface area contributed by atoms with Crippen molar-refractivity contribution < 1.29 is 22.7 Å². The van der Waals surface area contributed by atoms with Gasteiger partial charge in [0.15, 0.2) is 17.0 Å². The standard InChI is InChI=1S/C21H19F3N6O2/c1-9-16(10(2)29(3)27-9)13-8-14(20(31)32-4)30-19(25-13)17-12(11-5-6-11)7-15(21(22,23)24)26-18(17)28-30/h7-8,11H,5-6H2,1-4H3. The van der Waals surface area contributed by atoms with E-state index in [0.717, 1.165) is 30.2 Å². The molecular weight excluding hydrogens is 425 g/mol. The molecule has 1 aliphatic rings. The summed E-state index contributed by atoms with van der Waals surface area (Å²) in [6, 6.07) is 2.59. The van der Waals surface area contributed by atoms with Crippen molar-refractivity contribution in [2.45, 2.75) is 38.8 Å². The van der Waals surface area contributed by atoms with Crippen molar-refractivity contribution in [1.82, 2.24) is 29.4 Å². The first-order chi connectivity index (χ1) is 15.1. The average Bonchev–Trinajstić information content (AvgIpc) is 3.46. The van der Waals surface area contributed by atoms with E-state index in [0.29, 0.717) is 22.3 Å². The van der Waals surface area contributed by atoms with Crippen LogP contribution in [-0.2, 0) is 18.0 Å². The van der Waals surface area contributed by atoms with E-state index in [-0.39, 0.29) is 22.9 Å². The van der Waals surface area contributed by atoms with E-state index in [1.165, 1.54) is 17.7 Å². The van der Waals surface area contributed by atoms with E-state index in [1.54, 1.807) is 11.7 Å². The lowest BCUT2D eigenvalue weighted by molar-refractivity contribution is -0.141. The molecule has 1 saturated carbocycles. The van der Waals surface area contributed by atoms with Crippen molar-refractivity contribution in [2.75, 3.05) is 7.11 Å². The monoisotopic (exact) mass is 444 g/mol. The Morgan fingerprint density at radius 3 is 2.44 bits per heavy atom. The summed E-state index contributed by atoms with van der Waals surface area (Å²) in [6.07, 6.45) is -3.06. The third kappa shape index (κ3) is 3.02. The average molecular weight is 444 g/mol. The van der Waals surface area contributed by atoms with Crippen molar-refractivity contribution >= 4 is 22.6 Å². The van der Waals surface area contributed by atoms with Crippen molar-refractivity contribution in [2.24, 2.45) is 7.05 Å². The number of aromatic nitrogens is 6. The second kappa shape index (κ2) is 6.75. The van der Waals surface area contributed by atoms with E-state index in [2.05, 4.69) is 15.2 Å². The zero-order valence-corrected chi connectivity index (χ0v) is 17.8. The fourth-order valence-electron chi connectivity index (χ4n) is 4.09. The molecule has 1 aliphatic carbocycles. The van der Waals surface area contributed by atoms with Crippen LogP contribution in [0.2, 0.25) is 0 Å². The highest BCUT2D eigenvalue weighted by atomic mass is 19.4. The summed E-state index contributed by atoms with van der Waals surface area (Å²) in [5.74, 6) is -0.710. The van der Waals surface area contributed by atoms with Gasteiger partial charge in [0.25, 0.3) is 0 Å². The van der Waals surface area contributed by atoms with E-state index in [4.69, 9.17) is 9.72 Å². The molecule has 0 amide bonds. The fraction of sp³-hybridized carbons (Fsp3) is 0.381. The molecule has 4 aromatic heterocycles. The number of alkyl halides is 3. The molecular formula is C21H19F3N6O2. The van der Waals surface area contributed by atoms with Gasteiger partial charge in [0.1, 0.15) is 5.69 Å². The number of nitrogens with zero attached hydrogens (tertiary/aromatic N) is 6. The topological polar surface area (TPSA) is 87.2 Å². The second-order valence-electron chi connectivity index (χ2n) is 7.99. The lowest BCUT2D eigenvalue weighted by Gasteiger charge is -2.09. The maximum atomic E-state index is 13.5.